The van der Waals surface area contributed by atoms with Crippen LogP contribution in [0.3, 0.4) is 0 Å². The first kappa shape index (κ1) is 25.1. The van der Waals surface area contributed by atoms with E-state index in [1.165, 1.54) is 38.0 Å². The lowest BCUT2D eigenvalue weighted by Crippen LogP contribution is -2.31. The van der Waals surface area contributed by atoms with Crippen molar-refractivity contribution >= 4 is 11.6 Å². The lowest BCUT2D eigenvalue weighted by Gasteiger charge is -2.22. The molecule has 38 heavy (non-hydrogen) atoms. The number of nitrogens with zero attached hydrogens (tertiary/aromatic N) is 3. The summed E-state index contributed by atoms with van der Waals surface area (Å²) in [4.78, 5) is 30.0. The van der Waals surface area contributed by atoms with Crippen LogP contribution in [0.15, 0.2) is 41.3 Å². The van der Waals surface area contributed by atoms with Gasteiger partial charge in [0, 0.05) is 23.9 Å². The summed E-state index contributed by atoms with van der Waals surface area (Å²) in [6.07, 6.45) is 2.45. The molecule has 0 unspecified atom stereocenters. The maximum atomic E-state index is 13.5. The van der Waals surface area contributed by atoms with E-state index in [1.54, 1.807) is 28.8 Å². The van der Waals surface area contributed by atoms with Crippen molar-refractivity contribution in [1.29, 1.82) is 0 Å². The Balaban J connectivity index is 1.78. The van der Waals surface area contributed by atoms with E-state index in [9.17, 15) is 23.5 Å². The Hall–Kier alpha value is -4.61. The van der Waals surface area contributed by atoms with E-state index in [1.807, 2.05) is 0 Å². The van der Waals surface area contributed by atoms with E-state index in [-0.39, 0.29) is 29.3 Å². The first-order valence-electron chi connectivity index (χ1n) is 11.5. The second-order valence-electron chi connectivity index (χ2n) is 8.50. The highest BCUT2D eigenvalue weighted by Crippen LogP contribution is 2.39. The first-order valence-corrected chi connectivity index (χ1v) is 11.5. The Bertz CT molecular complexity index is 1630. The number of alkyl halides is 2. The first-order chi connectivity index (χ1) is 18.3. The monoisotopic (exact) mass is 527 g/mol. The highest BCUT2D eigenvalue weighted by atomic mass is 19.3. The molecule has 3 aromatic heterocycles. The minimum Gasteiger partial charge on any atom is -0.497 e. The van der Waals surface area contributed by atoms with Crippen molar-refractivity contribution in [3.05, 3.63) is 69.3 Å². The predicted octanol–water partition coefficient (Wildman–Crippen LogP) is 3.64. The number of hydrogen-bond donors (Lipinski definition) is 1. The number of methoxy groups -OCH3 is 3. The standard InChI is InChI=1S/C26H23F2N3O7/c1-35-15-6-4-14(19(11-15)37-3)12-31-21-13(10-16(24(31)32)25(33)34)5-7-17-20(21)29-23-22(38-26(27)28)18(36-2)8-9-30(17)23/h4,6,8-11,26H,5,7,12H2,1-3H3,(H,33,34). The second-order valence-corrected chi connectivity index (χ2v) is 8.50. The van der Waals surface area contributed by atoms with E-state index in [4.69, 9.17) is 18.9 Å². The summed E-state index contributed by atoms with van der Waals surface area (Å²) in [6, 6.07) is 7.92. The van der Waals surface area contributed by atoms with Gasteiger partial charge >= 0.3 is 12.6 Å². The molecular weight excluding hydrogens is 504 g/mol. The summed E-state index contributed by atoms with van der Waals surface area (Å²) in [6.45, 7) is -3.15. The number of carbonyl (C=O) groups is 1. The zero-order valence-electron chi connectivity index (χ0n) is 20.7. The van der Waals surface area contributed by atoms with Crippen molar-refractivity contribution in [1.82, 2.24) is 14.0 Å². The Labute approximate surface area is 214 Å². The maximum Gasteiger partial charge on any atom is 0.387 e. The van der Waals surface area contributed by atoms with Crippen molar-refractivity contribution in [2.45, 2.75) is 26.0 Å². The van der Waals surface area contributed by atoms with Crippen LogP contribution >= 0.6 is 0 Å². The third-order valence-electron chi connectivity index (χ3n) is 6.52. The largest absolute Gasteiger partial charge is 0.497 e. The molecule has 0 fully saturated rings. The van der Waals surface area contributed by atoms with Gasteiger partial charge in [0.25, 0.3) is 5.56 Å². The molecule has 0 aliphatic heterocycles. The number of rotatable bonds is 8. The summed E-state index contributed by atoms with van der Waals surface area (Å²) in [7, 11) is 4.32. The number of benzene rings is 1. The SMILES string of the molecule is COc1ccc(Cn2c3c(cc(C(=O)O)c2=O)CCc2c-3nc3c(OC(F)F)c(OC)ccn23)c(OC)c1. The summed E-state index contributed by atoms with van der Waals surface area (Å²) in [5.41, 5.74) is 1.57. The average molecular weight is 527 g/mol. The molecule has 1 aliphatic carbocycles. The van der Waals surface area contributed by atoms with Gasteiger partial charge < -0.3 is 28.6 Å². The van der Waals surface area contributed by atoms with Gasteiger partial charge in [-0.25, -0.2) is 9.78 Å². The molecule has 0 bridgehead atoms. The highest BCUT2D eigenvalue weighted by molar-refractivity contribution is 5.88. The lowest BCUT2D eigenvalue weighted by molar-refractivity contribution is -0.0505. The molecule has 0 saturated heterocycles. The van der Waals surface area contributed by atoms with Crippen molar-refractivity contribution in [3.8, 4) is 34.4 Å². The third-order valence-corrected chi connectivity index (χ3v) is 6.52. The Morgan fingerprint density at radius 3 is 2.50 bits per heavy atom. The second kappa shape index (κ2) is 9.69. The van der Waals surface area contributed by atoms with Crippen molar-refractivity contribution in [2.75, 3.05) is 21.3 Å². The molecule has 3 heterocycles. The van der Waals surface area contributed by atoms with Gasteiger partial charge in [-0.3, -0.25) is 9.20 Å². The number of aromatic carboxylic acids is 1. The van der Waals surface area contributed by atoms with Crippen LogP contribution in [0.4, 0.5) is 8.78 Å². The van der Waals surface area contributed by atoms with Gasteiger partial charge in [-0.05, 0) is 36.6 Å². The molecule has 10 nitrogen and oxygen atoms in total. The lowest BCUT2D eigenvalue weighted by atomic mass is 9.94. The normalized spacial score (nSPS) is 12.3. The Kier molecular flexibility index (Phi) is 6.39. The Morgan fingerprint density at radius 2 is 1.84 bits per heavy atom. The van der Waals surface area contributed by atoms with Crippen LogP contribution in [0.1, 0.15) is 27.2 Å². The predicted molar refractivity (Wildman–Crippen MR) is 131 cm³/mol. The number of fused-ring (bicyclic) bond motifs is 5. The van der Waals surface area contributed by atoms with Gasteiger partial charge in [0.05, 0.1) is 39.3 Å². The average Bonchev–Trinajstić information content (AvgIpc) is 3.29. The molecule has 1 N–H and O–H groups in total. The highest BCUT2D eigenvalue weighted by Gasteiger charge is 2.30. The smallest absolute Gasteiger partial charge is 0.387 e. The summed E-state index contributed by atoms with van der Waals surface area (Å²) < 4.78 is 50.2. The molecule has 0 saturated carbocycles. The van der Waals surface area contributed by atoms with E-state index in [0.29, 0.717) is 52.5 Å². The molecule has 4 aromatic rings. The minimum absolute atomic E-state index is 0.0352. The van der Waals surface area contributed by atoms with Crippen molar-refractivity contribution in [3.63, 3.8) is 0 Å². The van der Waals surface area contributed by atoms with Gasteiger partial charge in [0.15, 0.2) is 11.4 Å². The fourth-order valence-electron chi connectivity index (χ4n) is 4.81. The van der Waals surface area contributed by atoms with Crippen LogP contribution in [-0.2, 0) is 19.4 Å². The molecule has 5 rings (SSSR count). The zero-order valence-corrected chi connectivity index (χ0v) is 20.7. The summed E-state index contributed by atoms with van der Waals surface area (Å²) in [5.74, 6) is -0.543. The molecule has 0 atom stereocenters. The van der Waals surface area contributed by atoms with Gasteiger partial charge in [0.2, 0.25) is 5.75 Å². The van der Waals surface area contributed by atoms with Crippen LogP contribution in [0.25, 0.3) is 17.0 Å². The molecule has 1 aliphatic rings. The summed E-state index contributed by atoms with van der Waals surface area (Å²) >= 11 is 0. The van der Waals surface area contributed by atoms with Gasteiger partial charge in [0.1, 0.15) is 22.8 Å². The minimum atomic E-state index is -3.12. The van der Waals surface area contributed by atoms with Crippen LogP contribution in [-0.4, -0.2) is 53.0 Å². The summed E-state index contributed by atoms with van der Waals surface area (Å²) in [5, 5.41) is 9.74. The Morgan fingerprint density at radius 1 is 1.08 bits per heavy atom. The fourth-order valence-corrected chi connectivity index (χ4v) is 4.81. The third kappa shape index (κ3) is 4.07. The quantitative estimate of drug-likeness (QED) is 0.370. The number of aryl methyl sites for hydroxylation is 2. The number of ether oxygens (including phenoxy) is 4. The molecule has 0 radical (unpaired) electrons. The van der Waals surface area contributed by atoms with Gasteiger partial charge in [-0.2, -0.15) is 8.78 Å². The van der Waals surface area contributed by atoms with Crippen LogP contribution < -0.4 is 24.5 Å². The van der Waals surface area contributed by atoms with Crippen LogP contribution in [0.5, 0.6) is 23.0 Å². The van der Waals surface area contributed by atoms with E-state index >= 15 is 0 Å². The number of pyridine rings is 2. The number of halogens is 2. The number of aromatic nitrogens is 3. The van der Waals surface area contributed by atoms with Gasteiger partial charge in [-0.15, -0.1) is 0 Å². The van der Waals surface area contributed by atoms with Crippen molar-refractivity contribution < 1.29 is 37.6 Å². The molecule has 198 valence electrons. The molecule has 1 aromatic carbocycles. The molecule has 0 spiro atoms. The van der Waals surface area contributed by atoms with E-state index in [2.05, 4.69) is 4.98 Å². The van der Waals surface area contributed by atoms with Crippen LogP contribution in [0, 0.1) is 0 Å². The number of hydrogen-bond acceptors (Lipinski definition) is 7. The van der Waals surface area contributed by atoms with E-state index in [0.717, 1.165) is 0 Å². The number of carboxylic acid groups (broad SMARTS) is 1. The molecular formula is C26H23F2N3O7. The van der Waals surface area contributed by atoms with Crippen LogP contribution in [0.2, 0.25) is 0 Å². The molecule has 0 amide bonds. The van der Waals surface area contributed by atoms with Crippen molar-refractivity contribution in [2.24, 2.45) is 0 Å². The number of carboxylic acids is 1. The maximum absolute atomic E-state index is 13.5. The number of imidazole rings is 1. The van der Waals surface area contributed by atoms with E-state index < -0.39 is 18.1 Å². The van der Waals surface area contributed by atoms with Gasteiger partial charge in [-0.1, -0.05) is 0 Å². The zero-order chi connectivity index (χ0) is 27.1. The molecule has 12 heteroatoms. The topological polar surface area (TPSA) is 114 Å². The fraction of sp³-hybridized carbons (Fsp3) is 0.269.